The van der Waals surface area contributed by atoms with Gasteiger partial charge < -0.3 is 14.3 Å². The lowest BCUT2D eigenvalue weighted by Gasteiger charge is -2.40. The third-order valence-electron chi connectivity index (χ3n) is 6.20. The van der Waals surface area contributed by atoms with E-state index in [4.69, 9.17) is 4.42 Å². The van der Waals surface area contributed by atoms with Crippen LogP contribution in [0, 0.1) is 6.92 Å². The van der Waals surface area contributed by atoms with Crippen LogP contribution in [-0.2, 0) is 11.8 Å². The number of benzene rings is 1. The van der Waals surface area contributed by atoms with Crippen molar-refractivity contribution in [3.63, 3.8) is 0 Å². The number of amides is 1. The van der Waals surface area contributed by atoms with Gasteiger partial charge in [-0.15, -0.1) is 0 Å². The summed E-state index contributed by atoms with van der Waals surface area (Å²) in [6, 6.07) is 7.42. The van der Waals surface area contributed by atoms with Crippen LogP contribution in [0.1, 0.15) is 46.7 Å². The lowest BCUT2D eigenvalue weighted by Crippen LogP contribution is -2.48. The first-order chi connectivity index (χ1) is 14.1. The van der Waals surface area contributed by atoms with Crippen LogP contribution < -0.4 is 5.56 Å². The van der Waals surface area contributed by atoms with Crippen LogP contribution in [0.15, 0.2) is 46.1 Å². The minimum Gasteiger partial charge on any atom is -0.444 e. The highest BCUT2D eigenvalue weighted by Gasteiger charge is 2.45. The van der Waals surface area contributed by atoms with Crippen LogP contribution in [0.2, 0.25) is 0 Å². The number of nitrogens with one attached hydrogen (secondary N) is 1. The molecule has 0 radical (unpaired) electrons. The zero-order chi connectivity index (χ0) is 20.0. The van der Waals surface area contributed by atoms with Gasteiger partial charge in [-0.25, -0.2) is 9.97 Å². The third-order valence-corrected chi connectivity index (χ3v) is 6.20. The summed E-state index contributed by atoms with van der Waals surface area (Å²) >= 11 is 0. The van der Waals surface area contributed by atoms with Crippen molar-refractivity contribution < 1.29 is 9.21 Å². The second-order valence-corrected chi connectivity index (χ2v) is 8.03. The number of carbonyl (C=O) groups is 1. The topological polar surface area (TPSA) is 92.1 Å². The van der Waals surface area contributed by atoms with Gasteiger partial charge in [-0.1, -0.05) is 12.1 Å². The van der Waals surface area contributed by atoms with E-state index in [2.05, 4.69) is 15.0 Å². The summed E-state index contributed by atoms with van der Waals surface area (Å²) in [6.45, 7) is 3.15. The molecule has 1 saturated heterocycles. The lowest BCUT2D eigenvalue weighted by atomic mass is 9.77. The Bertz CT molecular complexity index is 1120. The van der Waals surface area contributed by atoms with Crippen LogP contribution in [0.3, 0.4) is 0 Å². The van der Waals surface area contributed by atoms with E-state index in [9.17, 15) is 9.59 Å². The SMILES string of the molecule is Cc1nc2c(c(=O)[nH]1)CCC21CCCN(C(=O)c2ccc(-c3cnco3)cc2)C1. The third kappa shape index (κ3) is 2.97. The van der Waals surface area contributed by atoms with Crippen molar-refractivity contribution in [2.24, 2.45) is 0 Å². The summed E-state index contributed by atoms with van der Waals surface area (Å²) in [7, 11) is 0. The fraction of sp³-hybridized carbons (Fsp3) is 0.364. The monoisotopic (exact) mass is 390 g/mol. The molecule has 1 aliphatic heterocycles. The number of hydrogen-bond acceptors (Lipinski definition) is 5. The Balaban J connectivity index is 1.41. The van der Waals surface area contributed by atoms with E-state index in [1.807, 2.05) is 36.1 Å². The number of nitrogens with zero attached hydrogens (tertiary/aromatic N) is 3. The molecule has 7 nitrogen and oxygen atoms in total. The van der Waals surface area contributed by atoms with Crippen molar-refractivity contribution in [1.29, 1.82) is 0 Å². The summed E-state index contributed by atoms with van der Waals surface area (Å²) in [5.74, 6) is 1.33. The number of likely N-dealkylation sites (tertiary alicyclic amines) is 1. The fourth-order valence-electron chi connectivity index (χ4n) is 4.78. The number of piperidine rings is 1. The van der Waals surface area contributed by atoms with Gasteiger partial charge in [0.05, 0.1) is 11.9 Å². The van der Waals surface area contributed by atoms with Crippen molar-refractivity contribution in [2.75, 3.05) is 13.1 Å². The predicted molar refractivity (Wildman–Crippen MR) is 107 cm³/mol. The van der Waals surface area contributed by atoms with Gasteiger partial charge in [0.25, 0.3) is 11.5 Å². The Morgan fingerprint density at radius 2 is 2.07 bits per heavy atom. The Morgan fingerprint density at radius 1 is 1.24 bits per heavy atom. The molecule has 1 aromatic carbocycles. The van der Waals surface area contributed by atoms with E-state index in [0.29, 0.717) is 23.7 Å². The second-order valence-electron chi connectivity index (χ2n) is 8.03. The molecule has 1 amide bonds. The highest BCUT2D eigenvalue weighted by atomic mass is 16.3. The number of carbonyl (C=O) groups excluding carboxylic acids is 1. The molecule has 1 aliphatic carbocycles. The average Bonchev–Trinajstić information content (AvgIpc) is 3.38. The molecule has 148 valence electrons. The Hall–Kier alpha value is -3.22. The number of fused-ring (bicyclic) bond motifs is 2. The highest BCUT2D eigenvalue weighted by Crippen LogP contribution is 2.43. The van der Waals surface area contributed by atoms with Crippen LogP contribution in [0.5, 0.6) is 0 Å². The molecule has 2 aliphatic rings. The minimum absolute atomic E-state index is 0.0169. The molecule has 1 unspecified atom stereocenters. The normalized spacial score (nSPS) is 20.8. The first-order valence-electron chi connectivity index (χ1n) is 9.94. The zero-order valence-electron chi connectivity index (χ0n) is 16.3. The molecule has 1 atom stereocenters. The zero-order valence-corrected chi connectivity index (χ0v) is 16.3. The molecule has 3 aromatic rings. The van der Waals surface area contributed by atoms with Gasteiger partial charge in [-0.3, -0.25) is 9.59 Å². The summed E-state index contributed by atoms with van der Waals surface area (Å²) in [4.78, 5) is 38.9. The van der Waals surface area contributed by atoms with Gasteiger partial charge in [0.2, 0.25) is 0 Å². The first-order valence-corrected chi connectivity index (χ1v) is 9.94. The van der Waals surface area contributed by atoms with Gasteiger partial charge in [0, 0.05) is 35.2 Å². The maximum atomic E-state index is 13.2. The van der Waals surface area contributed by atoms with Crippen molar-refractivity contribution in [2.45, 2.75) is 38.0 Å². The van der Waals surface area contributed by atoms with Gasteiger partial charge in [0.15, 0.2) is 12.2 Å². The summed E-state index contributed by atoms with van der Waals surface area (Å²) in [6.07, 6.45) is 6.52. The molecular weight excluding hydrogens is 368 g/mol. The van der Waals surface area contributed by atoms with Gasteiger partial charge in [-0.05, 0) is 44.7 Å². The number of aryl methyl sites for hydroxylation is 1. The molecular formula is C22H22N4O3. The molecule has 29 heavy (non-hydrogen) atoms. The Kier molecular flexibility index (Phi) is 4.12. The maximum Gasteiger partial charge on any atom is 0.254 e. The number of H-pyrrole nitrogens is 1. The molecule has 1 fully saturated rings. The van der Waals surface area contributed by atoms with Crippen LogP contribution in [0.25, 0.3) is 11.3 Å². The highest BCUT2D eigenvalue weighted by molar-refractivity contribution is 5.94. The molecule has 0 saturated carbocycles. The molecule has 3 heterocycles. The van der Waals surface area contributed by atoms with E-state index in [-0.39, 0.29) is 16.9 Å². The molecule has 1 spiro atoms. The molecule has 7 heteroatoms. The largest absolute Gasteiger partial charge is 0.444 e. The van der Waals surface area contributed by atoms with Crippen molar-refractivity contribution in [1.82, 2.24) is 19.9 Å². The Morgan fingerprint density at radius 3 is 2.83 bits per heavy atom. The van der Waals surface area contributed by atoms with Crippen molar-refractivity contribution >= 4 is 5.91 Å². The van der Waals surface area contributed by atoms with Crippen molar-refractivity contribution in [3.8, 4) is 11.3 Å². The van der Waals surface area contributed by atoms with E-state index in [1.165, 1.54) is 6.39 Å². The molecule has 5 rings (SSSR count). The maximum absolute atomic E-state index is 13.2. The van der Waals surface area contributed by atoms with E-state index in [0.717, 1.165) is 49.0 Å². The van der Waals surface area contributed by atoms with E-state index < -0.39 is 0 Å². The number of aromatic nitrogens is 3. The molecule has 1 N–H and O–H groups in total. The van der Waals surface area contributed by atoms with E-state index >= 15 is 0 Å². The molecule has 2 aromatic heterocycles. The quantitative estimate of drug-likeness (QED) is 0.726. The average molecular weight is 390 g/mol. The lowest BCUT2D eigenvalue weighted by molar-refractivity contribution is 0.0633. The summed E-state index contributed by atoms with van der Waals surface area (Å²) in [5, 5.41) is 0. The van der Waals surface area contributed by atoms with E-state index in [1.54, 1.807) is 6.20 Å². The number of oxazole rings is 1. The van der Waals surface area contributed by atoms with Gasteiger partial charge >= 0.3 is 0 Å². The fourth-order valence-corrected chi connectivity index (χ4v) is 4.78. The Labute approximate surface area is 167 Å². The van der Waals surface area contributed by atoms with Crippen LogP contribution in [-0.4, -0.2) is 38.8 Å². The van der Waals surface area contributed by atoms with Crippen LogP contribution >= 0.6 is 0 Å². The van der Waals surface area contributed by atoms with Gasteiger partial charge in [0.1, 0.15) is 5.82 Å². The van der Waals surface area contributed by atoms with Crippen molar-refractivity contribution in [3.05, 3.63) is 69.9 Å². The smallest absolute Gasteiger partial charge is 0.254 e. The summed E-state index contributed by atoms with van der Waals surface area (Å²) in [5.41, 5.74) is 2.99. The summed E-state index contributed by atoms with van der Waals surface area (Å²) < 4.78 is 5.31. The number of aromatic amines is 1. The standard InChI is InChI=1S/C22H22N4O3/c1-14-24-19-17(20(27)25-14)7-9-22(19)8-2-10-26(12-22)21(28)16-5-3-15(4-6-16)18-11-23-13-29-18/h3-6,11,13H,2,7-10,12H2,1H3,(H,24,25,27). The van der Waals surface area contributed by atoms with Crippen LogP contribution in [0.4, 0.5) is 0 Å². The predicted octanol–water partition coefficient (Wildman–Crippen LogP) is 2.85. The van der Waals surface area contributed by atoms with Gasteiger partial charge in [-0.2, -0.15) is 0 Å². The second kappa shape index (κ2) is 6.69. The minimum atomic E-state index is -0.206. The number of rotatable bonds is 2. The number of hydrogen-bond donors (Lipinski definition) is 1. The molecule has 0 bridgehead atoms. The first kappa shape index (κ1) is 17.8.